The standard InChI is InChI=1S/C22H34O2/c1-6-24-20(23)22(5)13-7-12-21(4)18-10-8-16(15(2)3)14-17(18)9-11-19(21)22/h19H,6-14H2,1-5H3/t19?,21-,22-/m1/s1. The Hall–Kier alpha value is -1.05. The lowest BCUT2D eigenvalue weighted by molar-refractivity contribution is -0.165. The molecule has 0 spiro atoms. The van der Waals surface area contributed by atoms with Gasteiger partial charge in [-0.05, 0) is 84.0 Å². The Bertz CT molecular complexity index is 593. The van der Waals surface area contributed by atoms with Crippen LogP contribution in [0.15, 0.2) is 22.3 Å². The summed E-state index contributed by atoms with van der Waals surface area (Å²) in [5, 5.41) is 0. The molecule has 3 rings (SSSR count). The number of ether oxygens (including phenoxy) is 1. The number of carbonyl (C=O) groups excluding carboxylic acids is 1. The van der Waals surface area contributed by atoms with E-state index in [1.54, 1.807) is 16.7 Å². The van der Waals surface area contributed by atoms with Gasteiger partial charge in [0.25, 0.3) is 0 Å². The maximum Gasteiger partial charge on any atom is 0.312 e. The second-order valence-electron chi connectivity index (χ2n) is 8.86. The minimum atomic E-state index is -0.293. The fraction of sp³-hybridized carbons (Fsp3) is 0.773. The summed E-state index contributed by atoms with van der Waals surface area (Å²) >= 11 is 0. The van der Waals surface area contributed by atoms with Crippen molar-refractivity contribution in [1.82, 2.24) is 0 Å². The molecule has 3 atom stereocenters. The highest BCUT2D eigenvalue weighted by atomic mass is 16.5. The highest BCUT2D eigenvalue weighted by molar-refractivity contribution is 5.77. The van der Waals surface area contributed by atoms with Gasteiger partial charge in [0.2, 0.25) is 0 Å². The van der Waals surface area contributed by atoms with E-state index < -0.39 is 0 Å². The molecule has 0 aromatic carbocycles. The monoisotopic (exact) mass is 330 g/mol. The van der Waals surface area contributed by atoms with E-state index in [4.69, 9.17) is 4.74 Å². The average molecular weight is 331 g/mol. The zero-order valence-electron chi connectivity index (χ0n) is 16.3. The summed E-state index contributed by atoms with van der Waals surface area (Å²) in [4.78, 5) is 12.8. The fourth-order valence-electron chi connectivity index (χ4n) is 5.99. The predicted molar refractivity (Wildman–Crippen MR) is 98.7 cm³/mol. The molecule has 3 aliphatic rings. The Morgan fingerprint density at radius 1 is 1.17 bits per heavy atom. The number of esters is 1. The molecule has 2 nitrogen and oxygen atoms in total. The van der Waals surface area contributed by atoms with Crippen LogP contribution in [-0.2, 0) is 9.53 Å². The maximum atomic E-state index is 12.8. The number of fused-ring (bicyclic) bond motifs is 2. The Balaban J connectivity index is 1.96. The van der Waals surface area contributed by atoms with Crippen LogP contribution in [-0.4, -0.2) is 12.6 Å². The van der Waals surface area contributed by atoms with Crippen molar-refractivity contribution >= 4 is 5.97 Å². The van der Waals surface area contributed by atoms with Gasteiger partial charge in [0.05, 0.1) is 12.0 Å². The third kappa shape index (κ3) is 2.66. The fourth-order valence-corrected chi connectivity index (χ4v) is 5.99. The molecular formula is C22H34O2. The van der Waals surface area contributed by atoms with Gasteiger partial charge in [-0.2, -0.15) is 0 Å². The third-order valence-electron chi connectivity index (χ3n) is 7.33. The molecule has 24 heavy (non-hydrogen) atoms. The number of hydrogen-bond acceptors (Lipinski definition) is 2. The second kappa shape index (κ2) is 6.35. The normalized spacial score (nSPS) is 36.0. The lowest BCUT2D eigenvalue weighted by Crippen LogP contribution is -2.51. The van der Waals surface area contributed by atoms with Gasteiger partial charge in [0.15, 0.2) is 0 Å². The first-order chi connectivity index (χ1) is 11.3. The zero-order chi connectivity index (χ0) is 17.5. The van der Waals surface area contributed by atoms with Crippen LogP contribution in [0.2, 0.25) is 0 Å². The molecule has 0 aromatic heterocycles. The Kier molecular flexibility index (Phi) is 4.70. The molecule has 0 bridgehead atoms. The summed E-state index contributed by atoms with van der Waals surface area (Å²) in [6, 6.07) is 0. The van der Waals surface area contributed by atoms with Gasteiger partial charge in [0, 0.05) is 0 Å². The van der Waals surface area contributed by atoms with Crippen molar-refractivity contribution in [2.24, 2.45) is 16.7 Å². The van der Waals surface area contributed by atoms with Gasteiger partial charge in [-0.1, -0.05) is 35.6 Å². The molecule has 3 aliphatic carbocycles. The molecule has 1 saturated carbocycles. The Morgan fingerprint density at radius 2 is 1.92 bits per heavy atom. The van der Waals surface area contributed by atoms with Crippen LogP contribution in [0.25, 0.3) is 0 Å². The highest BCUT2D eigenvalue weighted by Gasteiger charge is 2.56. The maximum absolute atomic E-state index is 12.8. The molecule has 1 unspecified atom stereocenters. The molecule has 2 heteroatoms. The zero-order valence-corrected chi connectivity index (χ0v) is 16.3. The van der Waals surface area contributed by atoms with Crippen LogP contribution in [0.5, 0.6) is 0 Å². The van der Waals surface area contributed by atoms with Gasteiger partial charge >= 0.3 is 5.97 Å². The summed E-state index contributed by atoms with van der Waals surface area (Å²) in [6.45, 7) is 11.6. The van der Waals surface area contributed by atoms with Crippen molar-refractivity contribution in [2.45, 2.75) is 86.0 Å². The van der Waals surface area contributed by atoms with Crippen LogP contribution in [0.1, 0.15) is 86.0 Å². The summed E-state index contributed by atoms with van der Waals surface area (Å²) in [7, 11) is 0. The molecular weight excluding hydrogens is 296 g/mol. The van der Waals surface area contributed by atoms with Crippen LogP contribution in [0.3, 0.4) is 0 Å². The van der Waals surface area contributed by atoms with Crippen LogP contribution >= 0.6 is 0 Å². The quantitative estimate of drug-likeness (QED) is 0.460. The number of carbonyl (C=O) groups is 1. The van der Waals surface area contributed by atoms with Gasteiger partial charge in [-0.3, -0.25) is 4.79 Å². The van der Waals surface area contributed by atoms with Gasteiger partial charge < -0.3 is 4.74 Å². The van der Waals surface area contributed by atoms with E-state index in [2.05, 4.69) is 27.7 Å². The predicted octanol–water partition coefficient (Wildman–Crippen LogP) is 5.97. The van der Waals surface area contributed by atoms with Gasteiger partial charge in [0.1, 0.15) is 0 Å². The van der Waals surface area contributed by atoms with Crippen molar-refractivity contribution in [3.63, 3.8) is 0 Å². The molecule has 134 valence electrons. The summed E-state index contributed by atoms with van der Waals surface area (Å²) < 4.78 is 5.50. The van der Waals surface area contributed by atoms with Crippen molar-refractivity contribution in [3.05, 3.63) is 22.3 Å². The molecule has 1 fully saturated rings. The summed E-state index contributed by atoms with van der Waals surface area (Å²) in [6.07, 6.45) is 9.34. The summed E-state index contributed by atoms with van der Waals surface area (Å²) in [5.41, 5.74) is 6.48. The van der Waals surface area contributed by atoms with Crippen molar-refractivity contribution in [1.29, 1.82) is 0 Å². The summed E-state index contributed by atoms with van der Waals surface area (Å²) in [5.74, 6) is 0.496. The first kappa shape index (κ1) is 17.8. The van der Waals surface area contributed by atoms with Crippen molar-refractivity contribution in [2.75, 3.05) is 6.61 Å². The van der Waals surface area contributed by atoms with Crippen LogP contribution in [0, 0.1) is 16.7 Å². The first-order valence-electron chi connectivity index (χ1n) is 9.86. The second-order valence-corrected chi connectivity index (χ2v) is 8.86. The van der Waals surface area contributed by atoms with E-state index >= 15 is 0 Å². The SMILES string of the molecule is CCOC(=O)[C@]1(C)CCC[C@]2(C)C3=C(CCC12)CC(=C(C)C)CC3. The Labute approximate surface area is 147 Å². The van der Waals surface area contributed by atoms with Gasteiger partial charge in [-0.15, -0.1) is 0 Å². The third-order valence-corrected chi connectivity index (χ3v) is 7.33. The first-order valence-corrected chi connectivity index (χ1v) is 9.86. The minimum Gasteiger partial charge on any atom is -0.466 e. The number of allylic oxidation sites excluding steroid dienone is 4. The van der Waals surface area contributed by atoms with Crippen molar-refractivity contribution in [3.8, 4) is 0 Å². The topological polar surface area (TPSA) is 26.3 Å². The molecule has 0 N–H and O–H groups in total. The number of hydrogen-bond donors (Lipinski definition) is 0. The molecule has 0 saturated heterocycles. The number of rotatable bonds is 2. The molecule has 0 amide bonds. The van der Waals surface area contributed by atoms with Crippen LogP contribution < -0.4 is 0 Å². The average Bonchev–Trinajstić information content (AvgIpc) is 2.54. The smallest absolute Gasteiger partial charge is 0.312 e. The van der Waals surface area contributed by atoms with E-state index in [1.165, 1.54) is 37.7 Å². The molecule has 0 aromatic rings. The Morgan fingerprint density at radius 3 is 2.58 bits per heavy atom. The van der Waals surface area contributed by atoms with Crippen molar-refractivity contribution < 1.29 is 9.53 Å². The molecule has 0 radical (unpaired) electrons. The van der Waals surface area contributed by atoms with Gasteiger partial charge in [-0.25, -0.2) is 0 Å². The van der Waals surface area contributed by atoms with E-state index in [9.17, 15) is 4.79 Å². The minimum absolute atomic E-state index is 0.0470. The highest BCUT2D eigenvalue weighted by Crippen LogP contribution is 2.62. The lowest BCUT2D eigenvalue weighted by Gasteiger charge is -2.56. The largest absolute Gasteiger partial charge is 0.466 e. The van der Waals surface area contributed by atoms with E-state index in [1.807, 2.05) is 6.92 Å². The van der Waals surface area contributed by atoms with Crippen LogP contribution in [0.4, 0.5) is 0 Å². The molecule has 0 heterocycles. The van der Waals surface area contributed by atoms with E-state index in [0.717, 1.165) is 19.3 Å². The van der Waals surface area contributed by atoms with E-state index in [0.29, 0.717) is 12.5 Å². The molecule has 0 aliphatic heterocycles. The lowest BCUT2D eigenvalue weighted by atomic mass is 9.48. The van der Waals surface area contributed by atoms with E-state index in [-0.39, 0.29) is 16.8 Å².